The van der Waals surface area contributed by atoms with Crippen LogP contribution in [0.5, 0.6) is 11.5 Å². The summed E-state index contributed by atoms with van der Waals surface area (Å²) in [6, 6.07) is 5.27. The fourth-order valence-corrected chi connectivity index (χ4v) is 2.78. The second-order valence-corrected chi connectivity index (χ2v) is 5.45. The average Bonchev–Trinajstić information content (AvgIpc) is 2.84. The number of thiazole rings is 1. The minimum atomic E-state index is -0.294. The normalized spacial score (nSPS) is 17.8. The Balaban J connectivity index is 1.96. The van der Waals surface area contributed by atoms with Gasteiger partial charge in [-0.3, -0.25) is 4.79 Å². The Kier molecular flexibility index (Phi) is 2.98. The van der Waals surface area contributed by atoms with Gasteiger partial charge in [0.25, 0.3) is 0 Å². The van der Waals surface area contributed by atoms with E-state index in [2.05, 4.69) is 4.98 Å². The zero-order chi connectivity index (χ0) is 13.4. The van der Waals surface area contributed by atoms with Gasteiger partial charge in [-0.05, 0) is 19.1 Å². The number of ether oxygens (including phenoxy) is 2. The van der Waals surface area contributed by atoms with Crippen molar-refractivity contribution in [2.24, 2.45) is 0 Å². The van der Waals surface area contributed by atoms with E-state index in [0.717, 1.165) is 10.7 Å². The molecule has 0 N–H and O–H groups in total. The van der Waals surface area contributed by atoms with Gasteiger partial charge in [-0.25, -0.2) is 4.98 Å². The third-order valence-electron chi connectivity index (χ3n) is 3.10. The molecule has 19 heavy (non-hydrogen) atoms. The molecule has 2 aromatic rings. The van der Waals surface area contributed by atoms with Crippen LogP contribution in [0.4, 0.5) is 0 Å². The molecule has 4 nitrogen and oxygen atoms in total. The van der Waals surface area contributed by atoms with Crippen LogP contribution in [0, 0.1) is 6.92 Å². The first-order chi connectivity index (χ1) is 9.17. The molecule has 3 rings (SSSR count). The van der Waals surface area contributed by atoms with Crippen LogP contribution in [0.3, 0.4) is 0 Å². The van der Waals surface area contributed by atoms with Crippen molar-refractivity contribution in [2.75, 3.05) is 7.11 Å². The molecule has 0 fully saturated rings. The molecule has 2 heterocycles. The van der Waals surface area contributed by atoms with Crippen molar-refractivity contribution in [3.8, 4) is 11.5 Å². The summed E-state index contributed by atoms with van der Waals surface area (Å²) < 4.78 is 11.0. The van der Waals surface area contributed by atoms with Gasteiger partial charge >= 0.3 is 0 Å². The van der Waals surface area contributed by atoms with Gasteiger partial charge in [0.2, 0.25) is 0 Å². The molecule has 1 atom stereocenters. The molecule has 0 saturated carbocycles. The zero-order valence-corrected chi connectivity index (χ0v) is 11.5. The lowest BCUT2D eigenvalue weighted by atomic mass is 9.99. The highest BCUT2D eigenvalue weighted by Gasteiger charge is 2.29. The Bertz CT molecular complexity index is 635. The van der Waals surface area contributed by atoms with E-state index in [1.807, 2.05) is 12.3 Å². The standard InChI is InChI=1S/C14H13NO3S/c1-8-15-11(7-19-8)14-6-12(16)10-4-3-9(17-2)5-13(10)18-14/h3-5,7,14H,6H2,1-2H3. The minimum absolute atomic E-state index is 0.0829. The van der Waals surface area contributed by atoms with E-state index in [0.29, 0.717) is 23.5 Å². The number of benzene rings is 1. The first-order valence-electron chi connectivity index (χ1n) is 5.97. The van der Waals surface area contributed by atoms with Crippen molar-refractivity contribution in [3.63, 3.8) is 0 Å². The van der Waals surface area contributed by atoms with Gasteiger partial charge in [0.1, 0.15) is 17.6 Å². The maximum atomic E-state index is 12.1. The molecule has 1 aliphatic heterocycles. The number of ketones is 1. The zero-order valence-electron chi connectivity index (χ0n) is 10.7. The molecule has 1 aromatic heterocycles. The lowest BCUT2D eigenvalue weighted by Crippen LogP contribution is -2.20. The average molecular weight is 275 g/mol. The molecule has 5 heteroatoms. The second-order valence-electron chi connectivity index (χ2n) is 4.39. The van der Waals surface area contributed by atoms with Gasteiger partial charge < -0.3 is 9.47 Å². The molecular formula is C14H13NO3S. The summed E-state index contributed by atoms with van der Waals surface area (Å²) in [5.41, 5.74) is 1.44. The van der Waals surface area contributed by atoms with E-state index in [4.69, 9.17) is 9.47 Å². The number of carbonyl (C=O) groups is 1. The van der Waals surface area contributed by atoms with Crippen molar-refractivity contribution in [2.45, 2.75) is 19.4 Å². The van der Waals surface area contributed by atoms with Crippen LogP contribution in [0.2, 0.25) is 0 Å². The van der Waals surface area contributed by atoms with E-state index < -0.39 is 0 Å². The number of aromatic nitrogens is 1. The summed E-state index contributed by atoms with van der Waals surface area (Å²) in [6.07, 6.45) is 0.0414. The number of rotatable bonds is 2. The molecule has 0 amide bonds. The van der Waals surface area contributed by atoms with Gasteiger partial charge in [-0.15, -0.1) is 11.3 Å². The smallest absolute Gasteiger partial charge is 0.170 e. The molecule has 98 valence electrons. The number of nitrogens with zero attached hydrogens (tertiary/aromatic N) is 1. The van der Waals surface area contributed by atoms with Crippen LogP contribution in [0.1, 0.15) is 33.6 Å². The topological polar surface area (TPSA) is 48.4 Å². The van der Waals surface area contributed by atoms with Crippen LogP contribution in [0.25, 0.3) is 0 Å². The van der Waals surface area contributed by atoms with Crippen molar-refractivity contribution >= 4 is 17.1 Å². The van der Waals surface area contributed by atoms with Crippen LogP contribution in [-0.2, 0) is 0 Å². The van der Waals surface area contributed by atoms with E-state index in [1.54, 1.807) is 36.6 Å². The highest BCUT2D eigenvalue weighted by atomic mass is 32.1. The summed E-state index contributed by atoms with van der Waals surface area (Å²) in [6.45, 7) is 1.94. The van der Waals surface area contributed by atoms with E-state index >= 15 is 0 Å². The fourth-order valence-electron chi connectivity index (χ4n) is 2.12. The molecular weight excluding hydrogens is 262 g/mol. The van der Waals surface area contributed by atoms with Crippen molar-refractivity contribution in [3.05, 3.63) is 39.8 Å². The summed E-state index contributed by atoms with van der Waals surface area (Å²) in [4.78, 5) is 16.5. The summed E-state index contributed by atoms with van der Waals surface area (Å²) >= 11 is 1.56. The van der Waals surface area contributed by atoms with Gasteiger partial charge in [0.15, 0.2) is 5.78 Å². The van der Waals surface area contributed by atoms with Crippen LogP contribution in [0.15, 0.2) is 23.6 Å². The third kappa shape index (κ3) is 2.21. The Morgan fingerprint density at radius 2 is 2.32 bits per heavy atom. The maximum Gasteiger partial charge on any atom is 0.170 e. The van der Waals surface area contributed by atoms with Gasteiger partial charge in [0, 0.05) is 11.4 Å². The molecule has 0 radical (unpaired) electrons. The van der Waals surface area contributed by atoms with Crippen molar-refractivity contribution in [1.82, 2.24) is 4.98 Å². The monoisotopic (exact) mass is 275 g/mol. The Hall–Kier alpha value is -1.88. The van der Waals surface area contributed by atoms with Gasteiger partial charge in [-0.2, -0.15) is 0 Å². The number of fused-ring (bicyclic) bond motifs is 1. The van der Waals surface area contributed by atoms with Crippen LogP contribution in [-0.4, -0.2) is 17.9 Å². The van der Waals surface area contributed by atoms with Crippen molar-refractivity contribution < 1.29 is 14.3 Å². The molecule has 0 saturated heterocycles. The number of carbonyl (C=O) groups excluding carboxylic acids is 1. The first-order valence-corrected chi connectivity index (χ1v) is 6.85. The third-order valence-corrected chi connectivity index (χ3v) is 3.89. The maximum absolute atomic E-state index is 12.1. The van der Waals surface area contributed by atoms with E-state index in [1.165, 1.54) is 0 Å². The summed E-state index contributed by atoms with van der Waals surface area (Å²) in [5.74, 6) is 1.34. The molecule has 0 spiro atoms. The Morgan fingerprint density at radius 3 is 3.00 bits per heavy atom. The van der Waals surface area contributed by atoms with Crippen LogP contribution >= 0.6 is 11.3 Å². The predicted molar refractivity (Wildman–Crippen MR) is 72.2 cm³/mol. The number of methoxy groups -OCH3 is 1. The molecule has 0 aliphatic carbocycles. The summed E-state index contributed by atoms with van der Waals surface area (Å²) in [5, 5.41) is 2.92. The highest BCUT2D eigenvalue weighted by Crippen LogP contribution is 2.37. The second kappa shape index (κ2) is 4.66. The SMILES string of the molecule is COc1ccc2c(c1)OC(c1csc(C)n1)CC2=O. The number of hydrogen-bond acceptors (Lipinski definition) is 5. The Morgan fingerprint density at radius 1 is 1.47 bits per heavy atom. The molecule has 1 aromatic carbocycles. The molecule has 1 unspecified atom stereocenters. The highest BCUT2D eigenvalue weighted by molar-refractivity contribution is 7.09. The van der Waals surface area contributed by atoms with E-state index in [9.17, 15) is 4.79 Å². The first kappa shape index (κ1) is 12.2. The molecule has 0 bridgehead atoms. The van der Waals surface area contributed by atoms with Gasteiger partial charge in [0.05, 0.1) is 29.8 Å². The lowest BCUT2D eigenvalue weighted by Gasteiger charge is -2.24. The fraction of sp³-hybridized carbons (Fsp3) is 0.286. The lowest BCUT2D eigenvalue weighted by molar-refractivity contribution is 0.0845. The minimum Gasteiger partial charge on any atom is -0.497 e. The van der Waals surface area contributed by atoms with E-state index in [-0.39, 0.29) is 11.9 Å². The number of hydrogen-bond donors (Lipinski definition) is 0. The van der Waals surface area contributed by atoms with Crippen LogP contribution < -0.4 is 9.47 Å². The quantitative estimate of drug-likeness (QED) is 0.844. The number of Topliss-reactive ketones (excluding diaryl/α,β-unsaturated/α-hetero) is 1. The van der Waals surface area contributed by atoms with Gasteiger partial charge in [-0.1, -0.05) is 0 Å². The predicted octanol–water partition coefficient (Wildman–Crippen LogP) is 3.17. The van der Waals surface area contributed by atoms with Crippen molar-refractivity contribution in [1.29, 1.82) is 0 Å². The Labute approximate surface area is 115 Å². The largest absolute Gasteiger partial charge is 0.497 e. The summed E-state index contributed by atoms with van der Waals surface area (Å²) in [7, 11) is 1.59. The number of aryl methyl sites for hydroxylation is 1. The molecule has 1 aliphatic rings.